The summed E-state index contributed by atoms with van der Waals surface area (Å²) < 4.78 is 47.1. The number of carbonyl (C=O) groups is 1. The number of hydrogen-bond donors (Lipinski definition) is 1. The molecule has 1 aliphatic rings. The first-order valence-corrected chi connectivity index (χ1v) is 12.4. The molecule has 3 aromatic rings. The Balaban J connectivity index is 1.62. The molecular weight excluding hydrogens is 560 g/mol. The molecule has 1 fully saturated rings. The van der Waals surface area contributed by atoms with Crippen LogP contribution in [-0.4, -0.2) is 31.7 Å². The number of amides is 1. The van der Waals surface area contributed by atoms with Crippen molar-refractivity contribution in [3.8, 4) is 5.75 Å². The summed E-state index contributed by atoms with van der Waals surface area (Å²) in [4.78, 5) is 16.2. The minimum absolute atomic E-state index is 0.317. The fourth-order valence-electron chi connectivity index (χ4n) is 4.59. The van der Waals surface area contributed by atoms with Crippen molar-refractivity contribution in [1.29, 1.82) is 0 Å². The summed E-state index contributed by atoms with van der Waals surface area (Å²) in [7, 11) is 1.47. The number of carbonyl (C=O) groups excluding carboxylic acids is 1. The monoisotopic (exact) mass is 586 g/mol. The maximum Gasteiger partial charge on any atom is 0.433 e. The molecule has 1 amide bonds. The highest BCUT2D eigenvalue weighted by molar-refractivity contribution is 14.1. The number of nitrogens with one attached hydrogen (secondary N) is 1. The Kier molecular flexibility index (Phi) is 7.07. The van der Waals surface area contributed by atoms with Crippen LogP contribution in [-0.2, 0) is 6.18 Å². The van der Waals surface area contributed by atoms with Crippen molar-refractivity contribution in [1.82, 2.24) is 14.8 Å². The third-order valence-corrected chi connectivity index (χ3v) is 7.54. The Bertz CT molecular complexity index is 1200. The number of aryl methyl sites for hydroxylation is 1. The lowest BCUT2D eigenvalue weighted by Gasteiger charge is -2.30. The predicted octanol–water partition coefficient (Wildman–Crippen LogP) is 6.57. The molecule has 2 aromatic heterocycles. The van der Waals surface area contributed by atoms with Crippen molar-refractivity contribution in [3.63, 3.8) is 0 Å². The van der Waals surface area contributed by atoms with Crippen LogP contribution in [0.4, 0.5) is 18.9 Å². The summed E-state index contributed by atoms with van der Waals surface area (Å²) >= 11 is 2.50. The van der Waals surface area contributed by atoms with Crippen LogP contribution >= 0.6 is 22.6 Å². The van der Waals surface area contributed by atoms with Gasteiger partial charge in [-0.25, -0.2) is 4.98 Å². The Morgan fingerprint density at radius 2 is 1.94 bits per heavy atom. The number of hydrogen-bond acceptors (Lipinski definition) is 4. The van der Waals surface area contributed by atoms with Crippen LogP contribution in [0.15, 0.2) is 30.3 Å². The number of fused-ring (bicyclic) bond motifs is 1. The van der Waals surface area contributed by atoms with E-state index in [1.165, 1.54) is 26.0 Å². The van der Waals surface area contributed by atoms with E-state index >= 15 is 0 Å². The zero-order valence-electron chi connectivity index (χ0n) is 19.1. The Morgan fingerprint density at radius 3 is 2.56 bits per heavy atom. The zero-order valence-corrected chi connectivity index (χ0v) is 21.3. The molecular formula is C24H26F3IN4O2. The number of alkyl halides is 4. The maximum absolute atomic E-state index is 13.0. The van der Waals surface area contributed by atoms with E-state index < -0.39 is 17.8 Å². The number of pyridine rings is 1. The molecule has 1 saturated carbocycles. The standard InChI is InChI=1S/C24H26F3IN4O2/c1-13(28)15-7-9-16(10-8-15)32-14(2)17-11-20(21(34-3)12-19(17)31-32)30-23(33)18-5-4-6-22(29-18)24(25,26)27/h4-6,11-13,15-16H,7-10H2,1-3H3,(H,30,33). The normalized spacial score (nSPS) is 19.7. The highest BCUT2D eigenvalue weighted by Crippen LogP contribution is 2.39. The van der Waals surface area contributed by atoms with Gasteiger partial charge in [0.1, 0.15) is 17.1 Å². The van der Waals surface area contributed by atoms with Crippen molar-refractivity contribution in [2.45, 2.75) is 55.7 Å². The molecule has 0 bridgehead atoms. The molecule has 1 aliphatic carbocycles. The van der Waals surface area contributed by atoms with E-state index in [-0.39, 0.29) is 5.69 Å². The molecule has 1 atom stereocenters. The number of benzene rings is 1. The summed E-state index contributed by atoms with van der Waals surface area (Å²) in [6.45, 7) is 4.25. The summed E-state index contributed by atoms with van der Waals surface area (Å²) in [6.07, 6.45) is -0.173. The highest BCUT2D eigenvalue weighted by atomic mass is 127. The molecule has 1 aromatic carbocycles. The van der Waals surface area contributed by atoms with Gasteiger partial charge < -0.3 is 10.1 Å². The van der Waals surface area contributed by atoms with Crippen LogP contribution in [0.25, 0.3) is 10.9 Å². The largest absolute Gasteiger partial charge is 0.494 e. The minimum atomic E-state index is -4.63. The second-order valence-electron chi connectivity index (χ2n) is 8.71. The molecule has 0 aliphatic heterocycles. The average Bonchev–Trinajstić information content (AvgIpc) is 3.13. The van der Waals surface area contributed by atoms with Gasteiger partial charge in [0.25, 0.3) is 5.91 Å². The van der Waals surface area contributed by atoms with Crippen molar-refractivity contribution in [3.05, 3.63) is 47.4 Å². The van der Waals surface area contributed by atoms with E-state index in [0.29, 0.717) is 21.4 Å². The Hall–Kier alpha value is -2.37. The number of nitrogens with zero attached hydrogens (tertiary/aromatic N) is 3. The van der Waals surface area contributed by atoms with Crippen molar-refractivity contribution in [2.75, 3.05) is 12.4 Å². The SMILES string of the molecule is COc1cc2nn(C3CCC(C(C)I)CC3)c(C)c2cc1NC(=O)c1cccc(C(F)(F)F)n1. The summed E-state index contributed by atoms with van der Waals surface area (Å²) in [6, 6.07) is 7.05. The third kappa shape index (κ3) is 5.01. The second kappa shape index (κ2) is 9.71. The Morgan fingerprint density at radius 1 is 1.24 bits per heavy atom. The topological polar surface area (TPSA) is 69.0 Å². The molecule has 0 radical (unpaired) electrons. The first-order valence-electron chi connectivity index (χ1n) is 11.1. The van der Waals surface area contributed by atoms with Crippen molar-refractivity contribution in [2.24, 2.45) is 5.92 Å². The van der Waals surface area contributed by atoms with Gasteiger partial charge in [-0.2, -0.15) is 18.3 Å². The van der Waals surface area contributed by atoms with Crippen LogP contribution < -0.4 is 10.1 Å². The van der Waals surface area contributed by atoms with E-state index in [1.54, 1.807) is 12.1 Å². The quantitative estimate of drug-likeness (QED) is 0.271. The van der Waals surface area contributed by atoms with Crippen molar-refractivity contribution >= 4 is 45.1 Å². The smallest absolute Gasteiger partial charge is 0.433 e. The van der Waals surface area contributed by atoms with E-state index in [2.05, 4.69) is 44.5 Å². The molecule has 0 spiro atoms. The van der Waals surface area contributed by atoms with Crippen LogP contribution in [0.1, 0.15) is 60.5 Å². The third-order valence-electron chi connectivity index (χ3n) is 6.52. The van der Waals surface area contributed by atoms with E-state index in [4.69, 9.17) is 9.84 Å². The van der Waals surface area contributed by atoms with Gasteiger partial charge in [-0.1, -0.05) is 35.6 Å². The average molecular weight is 586 g/mol. The van der Waals surface area contributed by atoms with Gasteiger partial charge in [0.05, 0.1) is 24.4 Å². The maximum atomic E-state index is 13.0. The molecule has 182 valence electrons. The highest BCUT2D eigenvalue weighted by Gasteiger charge is 2.33. The molecule has 1 N–H and O–H groups in total. The van der Waals surface area contributed by atoms with Crippen LogP contribution in [0.3, 0.4) is 0 Å². The van der Waals surface area contributed by atoms with Gasteiger partial charge in [0.15, 0.2) is 0 Å². The zero-order chi connectivity index (χ0) is 24.6. The molecule has 6 nitrogen and oxygen atoms in total. The summed E-state index contributed by atoms with van der Waals surface area (Å²) in [5.74, 6) is 0.355. The summed E-state index contributed by atoms with van der Waals surface area (Å²) in [5, 5.41) is 8.33. The van der Waals surface area contributed by atoms with E-state index in [0.717, 1.165) is 47.5 Å². The molecule has 1 unspecified atom stereocenters. The first-order chi connectivity index (χ1) is 16.1. The number of aromatic nitrogens is 3. The Labute approximate surface area is 209 Å². The van der Waals surface area contributed by atoms with Gasteiger partial charge >= 0.3 is 6.18 Å². The summed E-state index contributed by atoms with van der Waals surface area (Å²) in [5.41, 5.74) is 0.631. The number of methoxy groups -OCH3 is 1. The second-order valence-corrected chi connectivity index (χ2v) is 10.7. The van der Waals surface area contributed by atoms with Crippen LogP contribution in [0.5, 0.6) is 5.75 Å². The lowest BCUT2D eigenvalue weighted by Crippen LogP contribution is -2.23. The van der Waals surface area contributed by atoms with E-state index in [9.17, 15) is 18.0 Å². The van der Waals surface area contributed by atoms with Gasteiger partial charge in [-0.3, -0.25) is 9.48 Å². The predicted molar refractivity (Wildman–Crippen MR) is 133 cm³/mol. The lowest BCUT2D eigenvalue weighted by atomic mass is 9.84. The fourth-order valence-corrected chi connectivity index (χ4v) is 5.31. The minimum Gasteiger partial charge on any atom is -0.494 e. The molecule has 4 rings (SSSR count). The number of ether oxygens (including phenoxy) is 1. The molecule has 34 heavy (non-hydrogen) atoms. The van der Waals surface area contributed by atoms with Gasteiger partial charge in [0, 0.05) is 21.1 Å². The van der Waals surface area contributed by atoms with Crippen LogP contribution in [0, 0.1) is 12.8 Å². The fraction of sp³-hybridized carbons (Fsp3) is 0.458. The number of rotatable bonds is 5. The number of halogens is 4. The van der Waals surface area contributed by atoms with Gasteiger partial charge in [0.2, 0.25) is 0 Å². The van der Waals surface area contributed by atoms with Crippen LogP contribution in [0.2, 0.25) is 0 Å². The number of anilines is 1. The van der Waals surface area contributed by atoms with E-state index in [1.807, 2.05) is 6.92 Å². The van der Waals surface area contributed by atoms with Gasteiger partial charge in [-0.15, -0.1) is 0 Å². The first kappa shape index (κ1) is 24.7. The van der Waals surface area contributed by atoms with Crippen molar-refractivity contribution < 1.29 is 22.7 Å². The molecule has 2 heterocycles. The lowest BCUT2D eigenvalue weighted by molar-refractivity contribution is -0.141. The molecule has 10 heteroatoms. The molecule has 0 saturated heterocycles. The van der Waals surface area contributed by atoms with Gasteiger partial charge in [-0.05, 0) is 56.7 Å².